The summed E-state index contributed by atoms with van der Waals surface area (Å²) >= 11 is 0. The first-order chi connectivity index (χ1) is 12.0. The van der Waals surface area contributed by atoms with Crippen LogP contribution in [0.4, 0.5) is 0 Å². The lowest BCUT2D eigenvalue weighted by atomic mass is 9.90. The maximum Gasteiger partial charge on any atom is 0.240 e. The third-order valence-corrected chi connectivity index (χ3v) is 4.97. The number of aromatic nitrogens is 2. The van der Waals surface area contributed by atoms with E-state index in [9.17, 15) is 4.79 Å². The predicted octanol–water partition coefficient (Wildman–Crippen LogP) is 1.67. The fourth-order valence-corrected chi connectivity index (χ4v) is 3.21. The number of aryl methyl sites for hydroxylation is 1. The van der Waals surface area contributed by atoms with Crippen LogP contribution in [0.1, 0.15) is 35.4 Å². The maximum atomic E-state index is 12.5. The second-order valence-electron chi connectivity index (χ2n) is 6.74. The highest BCUT2D eigenvalue weighted by Gasteiger charge is 2.35. The quantitative estimate of drug-likeness (QED) is 0.866. The molecule has 1 fully saturated rings. The number of hydrogen-bond acceptors (Lipinski definition) is 4. The normalized spacial score (nSPS) is 16.6. The second-order valence-corrected chi connectivity index (χ2v) is 6.74. The van der Waals surface area contributed by atoms with Gasteiger partial charge in [-0.3, -0.25) is 9.48 Å². The van der Waals surface area contributed by atoms with Gasteiger partial charge in [-0.05, 0) is 32.3 Å². The summed E-state index contributed by atoms with van der Waals surface area (Å²) in [5.74, 6) is -0.106. The molecule has 6 heteroatoms. The Morgan fingerprint density at radius 1 is 1.28 bits per heavy atom. The first kappa shape index (κ1) is 17.6. The first-order valence-electron chi connectivity index (χ1n) is 8.71. The summed E-state index contributed by atoms with van der Waals surface area (Å²) < 4.78 is 7.29. The highest BCUT2D eigenvalue weighted by atomic mass is 16.5. The van der Waals surface area contributed by atoms with Gasteiger partial charge in [-0.2, -0.15) is 5.10 Å². The van der Waals surface area contributed by atoms with Crippen molar-refractivity contribution in [3.8, 4) is 0 Å². The van der Waals surface area contributed by atoms with E-state index in [2.05, 4.69) is 22.5 Å². The van der Waals surface area contributed by atoms with Crippen molar-refractivity contribution in [3.63, 3.8) is 0 Å². The van der Waals surface area contributed by atoms with Gasteiger partial charge >= 0.3 is 0 Å². The topological polar surface area (TPSA) is 82.2 Å². The van der Waals surface area contributed by atoms with E-state index in [0.717, 1.165) is 23.5 Å². The fraction of sp³-hybridized carbons (Fsp3) is 0.474. The third-order valence-electron chi connectivity index (χ3n) is 4.97. The Bertz CT molecular complexity index is 733. The molecule has 0 spiro atoms. The number of nitrogens with one attached hydrogen (secondary N) is 1. The molecular weight excluding hydrogens is 316 g/mol. The molecule has 0 atom stereocenters. The molecule has 2 aromatic rings. The molecule has 0 unspecified atom stereocenters. The molecule has 3 N–H and O–H groups in total. The molecule has 1 aliphatic heterocycles. The monoisotopic (exact) mass is 342 g/mol. The molecule has 1 amide bonds. The van der Waals surface area contributed by atoms with Gasteiger partial charge in [-0.1, -0.05) is 30.3 Å². The Labute approximate surface area is 148 Å². The van der Waals surface area contributed by atoms with Crippen LogP contribution in [-0.4, -0.2) is 34.4 Å². The number of ether oxygens (including phenoxy) is 1. The van der Waals surface area contributed by atoms with Crippen LogP contribution in [0.15, 0.2) is 30.3 Å². The molecule has 3 rings (SSSR count). The molecule has 6 nitrogen and oxygen atoms in total. The van der Waals surface area contributed by atoms with Crippen LogP contribution >= 0.6 is 0 Å². The van der Waals surface area contributed by atoms with Gasteiger partial charge in [0.25, 0.3) is 0 Å². The molecule has 0 radical (unpaired) electrons. The Balaban J connectivity index is 1.67. The van der Waals surface area contributed by atoms with Gasteiger partial charge in [0.1, 0.15) is 0 Å². The van der Waals surface area contributed by atoms with Crippen molar-refractivity contribution in [3.05, 3.63) is 52.8 Å². The Morgan fingerprint density at radius 2 is 1.96 bits per heavy atom. The minimum absolute atomic E-state index is 0.106. The van der Waals surface area contributed by atoms with Gasteiger partial charge in [0.2, 0.25) is 5.91 Å². The summed E-state index contributed by atoms with van der Waals surface area (Å²) in [5, 5.41) is 7.62. The molecule has 1 aliphatic rings. The highest BCUT2D eigenvalue weighted by Crippen LogP contribution is 2.19. The van der Waals surface area contributed by atoms with E-state index in [4.69, 9.17) is 10.5 Å². The lowest BCUT2D eigenvalue weighted by Gasteiger charge is -2.31. The number of hydrogen-bond donors (Lipinski definition) is 2. The van der Waals surface area contributed by atoms with Crippen molar-refractivity contribution in [2.45, 2.75) is 45.3 Å². The molecule has 0 bridgehead atoms. The average molecular weight is 342 g/mol. The maximum absolute atomic E-state index is 12.5. The zero-order chi connectivity index (χ0) is 17.9. The van der Waals surface area contributed by atoms with Crippen molar-refractivity contribution in [1.82, 2.24) is 15.1 Å². The third kappa shape index (κ3) is 3.91. The van der Waals surface area contributed by atoms with E-state index in [1.54, 1.807) is 0 Å². The molecule has 2 heterocycles. The van der Waals surface area contributed by atoms with Crippen LogP contribution in [0.3, 0.4) is 0 Å². The summed E-state index contributed by atoms with van der Waals surface area (Å²) in [4.78, 5) is 12.5. The Hall–Kier alpha value is -2.18. The zero-order valence-electron chi connectivity index (χ0n) is 14.9. The number of rotatable bonds is 5. The summed E-state index contributed by atoms with van der Waals surface area (Å²) in [6, 6.07) is 10.2. The number of carbonyl (C=O) groups excluding carboxylic acids is 1. The lowest BCUT2D eigenvalue weighted by Crippen LogP contribution is -2.56. The van der Waals surface area contributed by atoms with Gasteiger partial charge < -0.3 is 15.8 Å². The van der Waals surface area contributed by atoms with Crippen LogP contribution in [-0.2, 0) is 22.6 Å². The molecule has 0 aliphatic carbocycles. The van der Waals surface area contributed by atoms with Crippen molar-refractivity contribution >= 4 is 5.91 Å². The van der Waals surface area contributed by atoms with E-state index >= 15 is 0 Å². The van der Waals surface area contributed by atoms with Crippen molar-refractivity contribution in [1.29, 1.82) is 0 Å². The molecule has 25 heavy (non-hydrogen) atoms. The van der Waals surface area contributed by atoms with Crippen LogP contribution in [0.25, 0.3) is 0 Å². The number of benzene rings is 1. The van der Waals surface area contributed by atoms with Gasteiger partial charge in [0.15, 0.2) is 0 Å². The molecule has 1 aromatic carbocycles. The summed E-state index contributed by atoms with van der Waals surface area (Å²) in [6.07, 6.45) is 1.12. The molecule has 134 valence electrons. The van der Waals surface area contributed by atoms with E-state index in [0.29, 0.717) is 32.6 Å². The predicted molar refractivity (Wildman–Crippen MR) is 96.1 cm³/mol. The zero-order valence-corrected chi connectivity index (χ0v) is 14.9. The molecule has 1 saturated heterocycles. The lowest BCUT2D eigenvalue weighted by molar-refractivity contribution is -0.129. The van der Waals surface area contributed by atoms with Crippen LogP contribution in [0.5, 0.6) is 0 Å². The first-order valence-corrected chi connectivity index (χ1v) is 8.71. The molecule has 1 aromatic heterocycles. The number of nitrogens with zero attached hydrogens (tertiary/aromatic N) is 2. The minimum Gasteiger partial charge on any atom is -0.381 e. The largest absolute Gasteiger partial charge is 0.381 e. The van der Waals surface area contributed by atoms with Crippen molar-refractivity contribution in [2.24, 2.45) is 5.73 Å². The number of amides is 1. The van der Waals surface area contributed by atoms with Gasteiger partial charge in [0, 0.05) is 31.0 Å². The highest BCUT2D eigenvalue weighted by molar-refractivity contribution is 5.86. The van der Waals surface area contributed by atoms with E-state index in [1.165, 1.54) is 5.56 Å². The van der Waals surface area contributed by atoms with E-state index in [-0.39, 0.29) is 5.91 Å². The number of nitrogens with two attached hydrogens (primary N) is 1. The standard InChI is InChI=1S/C19H26N4O2/c1-14-17(12-21-18(24)19(20)8-10-25-11-9-19)15(2)23(22-14)13-16-6-4-3-5-7-16/h3-7H,8-13,20H2,1-2H3,(H,21,24). The van der Waals surface area contributed by atoms with Crippen LogP contribution in [0.2, 0.25) is 0 Å². The molecule has 0 saturated carbocycles. The second kappa shape index (κ2) is 7.37. The van der Waals surface area contributed by atoms with E-state index < -0.39 is 5.54 Å². The summed E-state index contributed by atoms with van der Waals surface area (Å²) in [7, 11) is 0. The SMILES string of the molecule is Cc1nn(Cc2ccccc2)c(C)c1CNC(=O)C1(N)CCOCC1. The smallest absolute Gasteiger partial charge is 0.240 e. The average Bonchev–Trinajstić information content (AvgIpc) is 2.88. The van der Waals surface area contributed by atoms with Gasteiger partial charge in [-0.25, -0.2) is 0 Å². The van der Waals surface area contributed by atoms with Crippen LogP contribution in [0, 0.1) is 13.8 Å². The van der Waals surface area contributed by atoms with Crippen molar-refractivity contribution < 1.29 is 9.53 Å². The Kier molecular flexibility index (Phi) is 5.20. The molecular formula is C19H26N4O2. The Morgan fingerprint density at radius 3 is 2.64 bits per heavy atom. The number of carbonyl (C=O) groups is 1. The summed E-state index contributed by atoms with van der Waals surface area (Å²) in [5.41, 5.74) is 9.68. The summed E-state index contributed by atoms with van der Waals surface area (Å²) in [6.45, 7) is 6.26. The van der Waals surface area contributed by atoms with Crippen LogP contribution < -0.4 is 11.1 Å². The fourth-order valence-electron chi connectivity index (χ4n) is 3.21. The van der Waals surface area contributed by atoms with Gasteiger partial charge in [-0.15, -0.1) is 0 Å². The van der Waals surface area contributed by atoms with Gasteiger partial charge in [0.05, 0.1) is 17.8 Å². The van der Waals surface area contributed by atoms with Crippen molar-refractivity contribution in [2.75, 3.05) is 13.2 Å². The minimum atomic E-state index is -0.819. The van der Waals surface area contributed by atoms with E-state index in [1.807, 2.05) is 36.7 Å².